The third-order valence-corrected chi connectivity index (χ3v) is 4.37. The monoisotopic (exact) mass is 260 g/mol. The first-order valence-corrected chi connectivity index (χ1v) is 7.76. The van der Waals surface area contributed by atoms with Crippen LogP contribution in [0.5, 0.6) is 0 Å². The van der Waals surface area contributed by atoms with Crippen molar-refractivity contribution in [1.29, 1.82) is 0 Å². The molecule has 0 heterocycles. The zero-order valence-electron chi connectivity index (χ0n) is 12.6. The average Bonchev–Trinajstić information content (AvgIpc) is 3.26. The summed E-state index contributed by atoms with van der Waals surface area (Å²) in [5.74, 6) is 0. The Morgan fingerprint density at radius 1 is 1.16 bits per heavy atom. The number of nitrogens with zero attached hydrogens (tertiary/aromatic N) is 1. The molecule has 19 heavy (non-hydrogen) atoms. The fourth-order valence-electron chi connectivity index (χ4n) is 2.86. The Labute approximate surface area is 118 Å². The number of likely N-dealkylation sites (N-methyl/N-ethyl adjacent to an activating group) is 1. The Hall–Kier alpha value is -0.860. The summed E-state index contributed by atoms with van der Waals surface area (Å²) in [5.41, 5.74) is 1.44. The van der Waals surface area contributed by atoms with Crippen molar-refractivity contribution in [2.24, 2.45) is 0 Å². The zero-order chi connectivity index (χ0) is 13.7. The Bertz CT molecular complexity index is 355. The summed E-state index contributed by atoms with van der Waals surface area (Å²) in [5, 5.41) is 3.70. The molecule has 0 bridgehead atoms. The van der Waals surface area contributed by atoms with Crippen LogP contribution in [0.4, 0.5) is 0 Å². The molecule has 0 spiro atoms. The fraction of sp³-hybridized carbons (Fsp3) is 0.647. The number of hydrogen-bond donors (Lipinski definition) is 1. The normalized spacial score (nSPS) is 17.1. The van der Waals surface area contributed by atoms with Crippen LogP contribution in [0.25, 0.3) is 0 Å². The molecule has 1 fully saturated rings. The van der Waals surface area contributed by atoms with Gasteiger partial charge in [0.25, 0.3) is 0 Å². The van der Waals surface area contributed by atoms with E-state index in [1.165, 1.54) is 31.2 Å². The van der Waals surface area contributed by atoms with E-state index in [2.05, 4.69) is 61.4 Å². The van der Waals surface area contributed by atoms with Gasteiger partial charge in [-0.1, -0.05) is 44.2 Å². The highest BCUT2D eigenvalue weighted by Crippen LogP contribution is 2.25. The molecule has 1 N–H and O–H groups in total. The molecule has 1 saturated carbocycles. The molecule has 0 amide bonds. The molecule has 1 aliphatic carbocycles. The smallest absolute Gasteiger partial charge is 0.0472 e. The molecule has 2 rings (SSSR count). The summed E-state index contributed by atoms with van der Waals surface area (Å²) in [6.07, 6.45) is 5.16. The Morgan fingerprint density at radius 2 is 1.79 bits per heavy atom. The van der Waals surface area contributed by atoms with E-state index in [1.807, 2.05) is 0 Å². The Morgan fingerprint density at radius 3 is 2.32 bits per heavy atom. The standard InChI is InChI=1S/C17H28N2/c1-4-16(5-2)19(3)17(13-18-15-11-12-15)14-9-7-6-8-10-14/h6-10,15-18H,4-5,11-13H2,1-3H3. The maximum absolute atomic E-state index is 3.70. The van der Waals surface area contributed by atoms with E-state index in [0.29, 0.717) is 12.1 Å². The van der Waals surface area contributed by atoms with Crippen LogP contribution in [0, 0.1) is 0 Å². The minimum Gasteiger partial charge on any atom is -0.312 e. The second-order valence-electron chi connectivity index (χ2n) is 5.74. The summed E-state index contributed by atoms with van der Waals surface area (Å²) < 4.78 is 0. The third-order valence-electron chi connectivity index (χ3n) is 4.37. The van der Waals surface area contributed by atoms with Crippen LogP contribution < -0.4 is 5.32 Å². The van der Waals surface area contributed by atoms with Crippen LogP contribution in [-0.4, -0.2) is 30.6 Å². The van der Waals surface area contributed by atoms with Crippen molar-refractivity contribution in [2.45, 2.75) is 57.7 Å². The van der Waals surface area contributed by atoms with Gasteiger partial charge in [-0.15, -0.1) is 0 Å². The molecule has 0 saturated heterocycles. The number of nitrogens with one attached hydrogen (secondary N) is 1. The highest BCUT2D eigenvalue weighted by atomic mass is 15.2. The second kappa shape index (κ2) is 7.06. The van der Waals surface area contributed by atoms with Crippen LogP contribution in [0.1, 0.15) is 51.1 Å². The van der Waals surface area contributed by atoms with Gasteiger partial charge in [0, 0.05) is 24.7 Å². The zero-order valence-corrected chi connectivity index (χ0v) is 12.6. The van der Waals surface area contributed by atoms with Gasteiger partial charge < -0.3 is 5.32 Å². The Balaban J connectivity index is 2.07. The summed E-state index contributed by atoms with van der Waals surface area (Å²) in [6, 6.07) is 12.9. The van der Waals surface area contributed by atoms with Gasteiger partial charge in [-0.3, -0.25) is 4.90 Å². The second-order valence-corrected chi connectivity index (χ2v) is 5.74. The summed E-state index contributed by atoms with van der Waals surface area (Å²) in [6.45, 7) is 5.66. The fourth-order valence-corrected chi connectivity index (χ4v) is 2.86. The topological polar surface area (TPSA) is 15.3 Å². The number of benzene rings is 1. The average molecular weight is 260 g/mol. The number of rotatable bonds is 8. The van der Waals surface area contributed by atoms with Crippen LogP contribution in [0.3, 0.4) is 0 Å². The molecule has 106 valence electrons. The lowest BCUT2D eigenvalue weighted by atomic mass is 10.0. The Kier molecular flexibility index (Phi) is 5.41. The minimum absolute atomic E-state index is 0.492. The van der Waals surface area contributed by atoms with Crippen LogP contribution in [-0.2, 0) is 0 Å². The van der Waals surface area contributed by atoms with E-state index in [-0.39, 0.29) is 0 Å². The lowest BCUT2D eigenvalue weighted by Gasteiger charge is -2.35. The van der Waals surface area contributed by atoms with Gasteiger partial charge in [0.2, 0.25) is 0 Å². The largest absolute Gasteiger partial charge is 0.312 e. The van der Waals surface area contributed by atoms with Gasteiger partial charge in [0.05, 0.1) is 0 Å². The van der Waals surface area contributed by atoms with E-state index in [9.17, 15) is 0 Å². The van der Waals surface area contributed by atoms with Crippen molar-refractivity contribution in [3.8, 4) is 0 Å². The molecule has 1 atom stereocenters. The molecule has 1 aromatic carbocycles. The molecule has 1 unspecified atom stereocenters. The van der Waals surface area contributed by atoms with E-state index in [0.717, 1.165) is 12.6 Å². The predicted molar refractivity (Wildman–Crippen MR) is 82.3 cm³/mol. The van der Waals surface area contributed by atoms with Crippen molar-refractivity contribution in [2.75, 3.05) is 13.6 Å². The highest BCUT2D eigenvalue weighted by Gasteiger charge is 2.26. The van der Waals surface area contributed by atoms with Crippen LogP contribution in [0.15, 0.2) is 30.3 Å². The summed E-state index contributed by atoms with van der Waals surface area (Å²) in [7, 11) is 2.28. The van der Waals surface area contributed by atoms with E-state index >= 15 is 0 Å². The first-order chi connectivity index (χ1) is 9.26. The van der Waals surface area contributed by atoms with Gasteiger partial charge in [0.15, 0.2) is 0 Å². The third kappa shape index (κ3) is 4.05. The van der Waals surface area contributed by atoms with Gasteiger partial charge in [-0.05, 0) is 38.3 Å². The minimum atomic E-state index is 0.492. The van der Waals surface area contributed by atoms with Crippen LogP contribution in [0.2, 0.25) is 0 Å². The number of hydrogen-bond acceptors (Lipinski definition) is 2. The van der Waals surface area contributed by atoms with Crippen molar-refractivity contribution in [3.63, 3.8) is 0 Å². The first kappa shape index (κ1) is 14.5. The molecule has 2 nitrogen and oxygen atoms in total. The summed E-state index contributed by atoms with van der Waals surface area (Å²) in [4.78, 5) is 2.56. The highest BCUT2D eigenvalue weighted by molar-refractivity contribution is 5.19. The van der Waals surface area contributed by atoms with Crippen molar-refractivity contribution in [3.05, 3.63) is 35.9 Å². The van der Waals surface area contributed by atoms with E-state index in [4.69, 9.17) is 0 Å². The van der Waals surface area contributed by atoms with Gasteiger partial charge in [-0.2, -0.15) is 0 Å². The molecule has 0 aliphatic heterocycles. The molecular formula is C17H28N2. The lowest BCUT2D eigenvalue weighted by molar-refractivity contribution is 0.160. The maximum atomic E-state index is 3.70. The molecule has 0 radical (unpaired) electrons. The van der Waals surface area contributed by atoms with Crippen molar-refractivity contribution in [1.82, 2.24) is 10.2 Å². The van der Waals surface area contributed by atoms with Gasteiger partial charge >= 0.3 is 0 Å². The van der Waals surface area contributed by atoms with E-state index in [1.54, 1.807) is 0 Å². The van der Waals surface area contributed by atoms with E-state index < -0.39 is 0 Å². The van der Waals surface area contributed by atoms with Gasteiger partial charge in [-0.25, -0.2) is 0 Å². The van der Waals surface area contributed by atoms with Crippen LogP contribution >= 0.6 is 0 Å². The first-order valence-electron chi connectivity index (χ1n) is 7.76. The van der Waals surface area contributed by atoms with Crippen molar-refractivity contribution < 1.29 is 0 Å². The predicted octanol–water partition coefficient (Wildman–Crippen LogP) is 3.60. The molecule has 0 aromatic heterocycles. The SMILES string of the molecule is CCC(CC)N(C)C(CNC1CC1)c1ccccc1. The lowest BCUT2D eigenvalue weighted by Crippen LogP contribution is -2.40. The van der Waals surface area contributed by atoms with Gasteiger partial charge in [0.1, 0.15) is 0 Å². The molecule has 1 aromatic rings. The summed E-state index contributed by atoms with van der Waals surface area (Å²) >= 11 is 0. The van der Waals surface area contributed by atoms with Crippen molar-refractivity contribution >= 4 is 0 Å². The maximum Gasteiger partial charge on any atom is 0.0472 e. The molecular weight excluding hydrogens is 232 g/mol. The molecule has 1 aliphatic rings. The molecule has 2 heteroatoms. The quantitative estimate of drug-likeness (QED) is 0.768.